The molecule has 3 heteroatoms. The monoisotopic (exact) mass is 486 g/mol. The molecule has 0 fully saturated rings. The standard InChI is InChI=1S/2C12H19.2ClH.Zr/c2*1-10(2)9-12(3,4)11-7-5-6-8-11;;;/h2*5-8,10H,9H2,1-4H3;2*1H;/q2*-1;;;+4/p-2. The van der Waals surface area contributed by atoms with E-state index in [1.54, 1.807) is 0 Å². The minimum Gasteiger partial charge on any atom is -1.00 e. The fraction of sp³-hybridized carbons (Fsp3) is 0.583. The summed E-state index contributed by atoms with van der Waals surface area (Å²) < 4.78 is 0. The minimum atomic E-state index is 0. The molecule has 0 aliphatic rings. The van der Waals surface area contributed by atoms with Crippen LogP contribution in [0.2, 0.25) is 0 Å². The zero-order valence-electron chi connectivity index (χ0n) is 18.4. The number of hydrogen-bond donors (Lipinski definition) is 0. The van der Waals surface area contributed by atoms with E-state index in [0.717, 1.165) is 11.8 Å². The zero-order chi connectivity index (χ0) is 18.4. The van der Waals surface area contributed by atoms with Gasteiger partial charge in [0.2, 0.25) is 0 Å². The van der Waals surface area contributed by atoms with Crippen molar-refractivity contribution in [1.82, 2.24) is 0 Å². The van der Waals surface area contributed by atoms with Gasteiger partial charge in [-0.15, -0.1) is 0 Å². The molecule has 0 N–H and O–H groups in total. The van der Waals surface area contributed by atoms with Crippen LogP contribution >= 0.6 is 0 Å². The van der Waals surface area contributed by atoms with Gasteiger partial charge in [-0.3, -0.25) is 0 Å². The van der Waals surface area contributed by atoms with E-state index in [-0.39, 0.29) is 51.0 Å². The van der Waals surface area contributed by atoms with Crippen molar-refractivity contribution in [2.45, 2.75) is 79.1 Å². The Morgan fingerprint density at radius 2 is 0.815 bits per heavy atom. The third-order valence-electron chi connectivity index (χ3n) is 4.73. The summed E-state index contributed by atoms with van der Waals surface area (Å²) in [7, 11) is 0. The van der Waals surface area contributed by atoms with Crippen LogP contribution in [0.3, 0.4) is 0 Å². The maximum Gasteiger partial charge on any atom is 4.00 e. The minimum absolute atomic E-state index is 0. The van der Waals surface area contributed by atoms with Crippen LogP contribution < -0.4 is 24.8 Å². The van der Waals surface area contributed by atoms with Crippen LogP contribution in [0.1, 0.15) is 79.4 Å². The Kier molecular flexibility index (Phi) is 16.7. The van der Waals surface area contributed by atoms with Gasteiger partial charge in [0, 0.05) is 0 Å². The topological polar surface area (TPSA) is 0 Å². The second-order valence-electron chi connectivity index (χ2n) is 9.31. The molecule has 0 aliphatic heterocycles. The molecule has 152 valence electrons. The number of rotatable bonds is 6. The molecule has 0 nitrogen and oxygen atoms in total. The van der Waals surface area contributed by atoms with Gasteiger partial charge in [-0.05, 0) is 11.8 Å². The molecule has 2 aromatic rings. The van der Waals surface area contributed by atoms with Gasteiger partial charge >= 0.3 is 26.2 Å². The van der Waals surface area contributed by atoms with E-state index in [1.165, 1.54) is 24.0 Å². The average molecular weight is 489 g/mol. The molecule has 0 amide bonds. The molecular formula is C24H38Cl2Zr. The van der Waals surface area contributed by atoms with E-state index < -0.39 is 0 Å². The summed E-state index contributed by atoms with van der Waals surface area (Å²) in [6.07, 6.45) is 2.52. The first-order valence-electron chi connectivity index (χ1n) is 9.49. The molecule has 27 heavy (non-hydrogen) atoms. The summed E-state index contributed by atoms with van der Waals surface area (Å²) in [5.74, 6) is 1.55. The van der Waals surface area contributed by atoms with Crippen LogP contribution in [0.15, 0.2) is 48.5 Å². The fourth-order valence-electron chi connectivity index (χ4n) is 3.93. The summed E-state index contributed by atoms with van der Waals surface area (Å²) in [6, 6.07) is 17.4. The smallest absolute Gasteiger partial charge is 1.00 e. The fourth-order valence-corrected chi connectivity index (χ4v) is 3.93. The van der Waals surface area contributed by atoms with Crippen molar-refractivity contribution in [3.05, 3.63) is 59.7 Å². The molecule has 0 heterocycles. The van der Waals surface area contributed by atoms with Crippen molar-refractivity contribution in [3.63, 3.8) is 0 Å². The Balaban J connectivity index is -0.000000384. The van der Waals surface area contributed by atoms with Crippen molar-refractivity contribution in [2.75, 3.05) is 0 Å². The summed E-state index contributed by atoms with van der Waals surface area (Å²) >= 11 is 0. The molecule has 0 unspecified atom stereocenters. The van der Waals surface area contributed by atoms with E-state index in [2.05, 4.69) is 104 Å². The van der Waals surface area contributed by atoms with E-state index in [9.17, 15) is 0 Å². The van der Waals surface area contributed by atoms with E-state index >= 15 is 0 Å². The molecule has 0 atom stereocenters. The Morgan fingerprint density at radius 3 is 1.00 bits per heavy atom. The third-order valence-corrected chi connectivity index (χ3v) is 4.73. The van der Waals surface area contributed by atoms with Crippen LogP contribution in [0, 0.1) is 11.8 Å². The van der Waals surface area contributed by atoms with Crippen LogP contribution in [0.5, 0.6) is 0 Å². The van der Waals surface area contributed by atoms with Gasteiger partial charge in [0.15, 0.2) is 0 Å². The molecule has 0 saturated carbocycles. The van der Waals surface area contributed by atoms with E-state index in [1.807, 2.05) is 0 Å². The number of halogens is 2. The predicted octanol–water partition coefficient (Wildman–Crippen LogP) is 1.46. The first-order valence-corrected chi connectivity index (χ1v) is 9.49. The second kappa shape index (κ2) is 14.2. The summed E-state index contributed by atoms with van der Waals surface area (Å²) in [5.41, 5.74) is 3.63. The second-order valence-corrected chi connectivity index (χ2v) is 9.31. The first-order chi connectivity index (χ1) is 11.0. The Hall–Kier alpha value is 0.163. The molecule has 0 bridgehead atoms. The Morgan fingerprint density at radius 1 is 0.593 bits per heavy atom. The van der Waals surface area contributed by atoms with Gasteiger partial charge in [-0.25, -0.2) is 24.3 Å². The van der Waals surface area contributed by atoms with E-state index in [0.29, 0.717) is 10.8 Å². The van der Waals surface area contributed by atoms with Crippen molar-refractivity contribution < 1.29 is 51.0 Å². The average Bonchev–Trinajstić information content (AvgIpc) is 3.11. The molecule has 0 aliphatic carbocycles. The van der Waals surface area contributed by atoms with Crippen LogP contribution in [-0.4, -0.2) is 0 Å². The molecule has 2 rings (SSSR count). The molecule has 0 radical (unpaired) electrons. The van der Waals surface area contributed by atoms with Crippen molar-refractivity contribution in [1.29, 1.82) is 0 Å². The van der Waals surface area contributed by atoms with Crippen molar-refractivity contribution >= 4 is 0 Å². The van der Waals surface area contributed by atoms with Crippen LogP contribution in [-0.2, 0) is 37.0 Å². The first kappa shape index (κ1) is 31.8. The zero-order valence-corrected chi connectivity index (χ0v) is 22.4. The Bertz CT molecular complexity index is 497. The SMILES string of the molecule is CC(C)CC(C)(C)[c-]1cccc1.CC(C)CC(C)(C)[c-]1cccc1.[Cl-].[Cl-].[Zr+4]. The molecular weight excluding hydrogens is 450 g/mol. The van der Waals surface area contributed by atoms with Crippen LogP contribution in [0.25, 0.3) is 0 Å². The summed E-state index contributed by atoms with van der Waals surface area (Å²) in [5, 5.41) is 0. The number of hydrogen-bond acceptors (Lipinski definition) is 0. The van der Waals surface area contributed by atoms with Crippen molar-refractivity contribution in [2.24, 2.45) is 11.8 Å². The van der Waals surface area contributed by atoms with Crippen LogP contribution in [0.4, 0.5) is 0 Å². The van der Waals surface area contributed by atoms with Gasteiger partial charge in [0.25, 0.3) is 0 Å². The largest absolute Gasteiger partial charge is 4.00 e. The van der Waals surface area contributed by atoms with Crippen molar-refractivity contribution in [3.8, 4) is 0 Å². The van der Waals surface area contributed by atoms with Gasteiger partial charge < -0.3 is 24.8 Å². The van der Waals surface area contributed by atoms with Gasteiger partial charge in [-0.1, -0.05) is 79.1 Å². The molecule has 2 aromatic carbocycles. The van der Waals surface area contributed by atoms with Gasteiger partial charge in [0.05, 0.1) is 0 Å². The molecule has 0 saturated heterocycles. The Labute approximate surface area is 200 Å². The maximum atomic E-state index is 2.32. The van der Waals surface area contributed by atoms with Gasteiger partial charge in [0.1, 0.15) is 0 Å². The quantitative estimate of drug-likeness (QED) is 0.541. The van der Waals surface area contributed by atoms with Gasteiger partial charge in [-0.2, -0.15) is 35.4 Å². The molecule has 0 aromatic heterocycles. The summed E-state index contributed by atoms with van der Waals surface area (Å²) in [4.78, 5) is 0. The molecule has 0 spiro atoms. The van der Waals surface area contributed by atoms with E-state index in [4.69, 9.17) is 0 Å². The predicted molar refractivity (Wildman–Crippen MR) is 109 cm³/mol. The third kappa shape index (κ3) is 11.7. The normalized spacial score (nSPS) is 11.0. The summed E-state index contributed by atoms with van der Waals surface area (Å²) in [6.45, 7) is 18.4. The maximum absolute atomic E-state index is 2.32.